The average Bonchev–Trinajstić information content (AvgIpc) is 3.15. The van der Waals surface area contributed by atoms with Crippen LogP contribution in [0.15, 0.2) is 41.3 Å². The second-order valence-electron chi connectivity index (χ2n) is 7.03. The molecule has 2 heteroatoms. The van der Waals surface area contributed by atoms with Crippen LogP contribution in [0.5, 0.6) is 5.75 Å². The van der Waals surface area contributed by atoms with Crippen LogP contribution < -0.4 is 4.74 Å². The quantitative estimate of drug-likeness (QED) is 0.667. The Morgan fingerprint density at radius 3 is 2.39 bits per heavy atom. The number of hydrogen-bond donors (Lipinski definition) is 0. The van der Waals surface area contributed by atoms with E-state index in [2.05, 4.69) is 36.4 Å². The van der Waals surface area contributed by atoms with Crippen LogP contribution in [0.25, 0.3) is 10.8 Å². The topological polar surface area (TPSA) is 9.23 Å². The molecule has 0 N–H and O–H groups in total. The Morgan fingerprint density at radius 1 is 0.826 bits per heavy atom. The summed E-state index contributed by atoms with van der Waals surface area (Å²) in [4.78, 5) is 1.57. The van der Waals surface area contributed by atoms with Gasteiger partial charge in [0.1, 0.15) is 17.3 Å². The van der Waals surface area contributed by atoms with Crippen LogP contribution >= 0.6 is 0 Å². The molecule has 2 aliphatic rings. The summed E-state index contributed by atoms with van der Waals surface area (Å²) in [6, 6.07) is 13.5. The molecule has 2 fully saturated rings. The number of rotatable bonds is 4. The fourth-order valence-corrected chi connectivity index (χ4v) is 6.58. The minimum absolute atomic E-state index is 0.463. The van der Waals surface area contributed by atoms with Crippen molar-refractivity contribution >= 4 is 21.7 Å². The Hall–Kier alpha value is -1.15. The van der Waals surface area contributed by atoms with Gasteiger partial charge in [-0.25, -0.2) is 0 Å². The lowest BCUT2D eigenvalue weighted by atomic mass is 9.90. The van der Waals surface area contributed by atoms with Gasteiger partial charge in [0.15, 0.2) is 4.90 Å². The molecular formula is C21H27OS+. The number of hydrogen-bond acceptors (Lipinski definition) is 1. The Bertz CT molecular complexity index is 654. The molecule has 2 aromatic carbocycles. The molecule has 1 saturated heterocycles. The molecule has 0 spiro atoms. The molecule has 1 heterocycles. The molecular weight excluding hydrogens is 300 g/mol. The van der Waals surface area contributed by atoms with E-state index in [1.165, 1.54) is 67.2 Å². The van der Waals surface area contributed by atoms with Gasteiger partial charge in [-0.3, -0.25) is 0 Å². The maximum atomic E-state index is 6.28. The predicted octanol–water partition coefficient (Wildman–Crippen LogP) is 5.57. The van der Waals surface area contributed by atoms with Gasteiger partial charge in [-0.15, -0.1) is 0 Å². The third kappa shape index (κ3) is 3.38. The molecule has 0 radical (unpaired) electrons. The smallest absolute Gasteiger partial charge is 0.162 e. The number of fused-ring (bicyclic) bond motifs is 1. The highest BCUT2D eigenvalue weighted by molar-refractivity contribution is 7.97. The largest absolute Gasteiger partial charge is 0.493 e. The van der Waals surface area contributed by atoms with E-state index in [0.29, 0.717) is 10.9 Å². The summed E-state index contributed by atoms with van der Waals surface area (Å²) in [7, 11) is 0.463. The van der Waals surface area contributed by atoms with Gasteiger partial charge in [-0.2, -0.15) is 0 Å². The third-order valence-electron chi connectivity index (χ3n) is 5.38. The van der Waals surface area contributed by atoms with Crippen molar-refractivity contribution in [3.63, 3.8) is 0 Å². The van der Waals surface area contributed by atoms with Crippen LogP contribution in [0, 0.1) is 5.92 Å². The molecule has 2 aromatic rings. The lowest BCUT2D eigenvalue weighted by molar-refractivity contribution is 0.210. The Labute approximate surface area is 142 Å². The van der Waals surface area contributed by atoms with Gasteiger partial charge in [0, 0.05) is 21.7 Å². The van der Waals surface area contributed by atoms with E-state index in [0.717, 1.165) is 18.3 Å². The van der Waals surface area contributed by atoms with Gasteiger partial charge in [0.05, 0.1) is 6.61 Å². The first-order chi connectivity index (χ1) is 11.4. The first-order valence-electron chi connectivity index (χ1n) is 9.24. The molecule has 4 rings (SSSR count). The summed E-state index contributed by atoms with van der Waals surface area (Å²) in [5.74, 6) is 4.62. The summed E-state index contributed by atoms with van der Waals surface area (Å²) < 4.78 is 6.28. The van der Waals surface area contributed by atoms with Crippen molar-refractivity contribution in [2.24, 2.45) is 5.92 Å². The fourth-order valence-electron chi connectivity index (χ4n) is 4.07. The molecule has 1 saturated carbocycles. The first-order valence-corrected chi connectivity index (χ1v) is 10.8. The molecule has 0 bridgehead atoms. The van der Waals surface area contributed by atoms with Gasteiger partial charge >= 0.3 is 0 Å². The van der Waals surface area contributed by atoms with Crippen molar-refractivity contribution in [2.45, 2.75) is 49.8 Å². The van der Waals surface area contributed by atoms with E-state index < -0.39 is 0 Å². The Balaban J connectivity index is 1.58. The number of benzene rings is 2. The van der Waals surface area contributed by atoms with E-state index >= 15 is 0 Å². The average molecular weight is 328 g/mol. The van der Waals surface area contributed by atoms with Crippen LogP contribution in [0.2, 0.25) is 0 Å². The Kier molecular flexibility index (Phi) is 4.80. The fraction of sp³-hybridized carbons (Fsp3) is 0.524. The van der Waals surface area contributed by atoms with E-state index in [1.807, 2.05) is 0 Å². The SMILES string of the molecule is c1cc([S+]2CCCC2)c2cccc(OCC3CCCCC3)c2c1. The second kappa shape index (κ2) is 7.17. The maximum absolute atomic E-state index is 6.28. The van der Waals surface area contributed by atoms with E-state index in [1.54, 1.807) is 4.90 Å². The minimum Gasteiger partial charge on any atom is -0.493 e. The standard InChI is InChI=1S/C21H27OS/c1-2-8-17(9-3-1)16-22-20-12-6-11-19-18(20)10-7-13-21(19)23-14-4-5-15-23/h6-7,10-13,17H,1-5,8-9,14-16H2/q+1. The molecule has 0 unspecified atom stereocenters. The van der Waals surface area contributed by atoms with Crippen molar-refractivity contribution in [3.8, 4) is 5.75 Å². The van der Waals surface area contributed by atoms with E-state index in [-0.39, 0.29) is 0 Å². The molecule has 122 valence electrons. The van der Waals surface area contributed by atoms with Crippen LogP contribution in [0.1, 0.15) is 44.9 Å². The van der Waals surface area contributed by atoms with Gasteiger partial charge in [0.2, 0.25) is 0 Å². The molecule has 23 heavy (non-hydrogen) atoms. The lowest BCUT2D eigenvalue weighted by Gasteiger charge is -2.22. The molecule has 0 atom stereocenters. The van der Waals surface area contributed by atoms with Crippen molar-refractivity contribution in [3.05, 3.63) is 36.4 Å². The van der Waals surface area contributed by atoms with Gasteiger partial charge in [0.25, 0.3) is 0 Å². The van der Waals surface area contributed by atoms with E-state index in [9.17, 15) is 0 Å². The van der Waals surface area contributed by atoms with Crippen LogP contribution in [-0.2, 0) is 10.9 Å². The molecule has 1 aliphatic heterocycles. The summed E-state index contributed by atoms with van der Waals surface area (Å²) in [6.45, 7) is 0.898. The van der Waals surface area contributed by atoms with Gasteiger partial charge < -0.3 is 4.74 Å². The number of ether oxygens (including phenoxy) is 1. The predicted molar refractivity (Wildman–Crippen MR) is 101 cm³/mol. The highest BCUT2D eigenvalue weighted by atomic mass is 32.2. The van der Waals surface area contributed by atoms with Crippen molar-refractivity contribution < 1.29 is 4.74 Å². The summed E-state index contributed by atoms with van der Waals surface area (Å²) in [6.07, 6.45) is 9.68. The molecule has 0 aromatic heterocycles. The van der Waals surface area contributed by atoms with Gasteiger partial charge in [-0.1, -0.05) is 37.5 Å². The first kappa shape index (κ1) is 15.4. The summed E-state index contributed by atoms with van der Waals surface area (Å²) >= 11 is 0. The maximum Gasteiger partial charge on any atom is 0.162 e. The zero-order chi connectivity index (χ0) is 15.5. The zero-order valence-electron chi connectivity index (χ0n) is 13.9. The molecule has 0 amide bonds. The summed E-state index contributed by atoms with van der Waals surface area (Å²) in [5, 5.41) is 2.75. The minimum atomic E-state index is 0.463. The van der Waals surface area contributed by atoms with Crippen molar-refractivity contribution in [2.75, 3.05) is 18.1 Å². The lowest BCUT2D eigenvalue weighted by Crippen LogP contribution is -2.15. The van der Waals surface area contributed by atoms with Crippen molar-refractivity contribution in [1.29, 1.82) is 0 Å². The molecule has 1 nitrogen and oxygen atoms in total. The van der Waals surface area contributed by atoms with Crippen LogP contribution in [0.3, 0.4) is 0 Å². The van der Waals surface area contributed by atoms with Crippen LogP contribution in [0.4, 0.5) is 0 Å². The molecule has 1 aliphatic carbocycles. The summed E-state index contributed by atoms with van der Waals surface area (Å²) in [5.41, 5.74) is 0. The highest BCUT2D eigenvalue weighted by Crippen LogP contribution is 2.34. The zero-order valence-corrected chi connectivity index (χ0v) is 14.7. The van der Waals surface area contributed by atoms with Gasteiger partial charge in [-0.05, 0) is 49.8 Å². The normalized spacial score (nSPS) is 20.2. The van der Waals surface area contributed by atoms with Crippen LogP contribution in [-0.4, -0.2) is 18.1 Å². The van der Waals surface area contributed by atoms with Crippen molar-refractivity contribution in [1.82, 2.24) is 0 Å². The Morgan fingerprint density at radius 2 is 1.57 bits per heavy atom. The highest BCUT2D eigenvalue weighted by Gasteiger charge is 2.28. The second-order valence-corrected chi connectivity index (χ2v) is 9.27. The third-order valence-corrected chi connectivity index (χ3v) is 7.92. The monoisotopic (exact) mass is 327 g/mol. The van der Waals surface area contributed by atoms with E-state index in [4.69, 9.17) is 4.74 Å².